The van der Waals surface area contributed by atoms with Crippen LogP contribution in [0, 0.1) is 5.82 Å². The van der Waals surface area contributed by atoms with Gasteiger partial charge in [-0.25, -0.2) is 4.39 Å². The lowest BCUT2D eigenvalue weighted by atomic mass is 9.95. The Bertz CT molecular complexity index is 440. The molecule has 80 valence electrons. The molecule has 0 radical (unpaired) electrons. The van der Waals surface area contributed by atoms with Gasteiger partial charge in [-0.3, -0.25) is 4.99 Å². The third-order valence-electron chi connectivity index (χ3n) is 2.19. The van der Waals surface area contributed by atoms with Gasteiger partial charge >= 0.3 is 6.18 Å². The molecule has 1 aromatic rings. The SMILES string of the molecule is O[C@@]1(C(F)(F)F)C=Nc2ccc(F)cc21. The van der Waals surface area contributed by atoms with E-state index in [2.05, 4.69) is 4.99 Å². The minimum atomic E-state index is -4.91. The fraction of sp³-hybridized carbons (Fsp3) is 0.222. The predicted molar refractivity (Wildman–Crippen MR) is 44.5 cm³/mol. The molecule has 0 saturated carbocycles. The molecule has 0 bridgehead atoms. The summed E-state index contributed by atoms with van der Waals surface area (Å²) in [6, 6.07) is 2.71. The summed E-state index contributed by atoms with van der Waals surface area (Å²) in [6.07, 6.45) is -4.54. The maximum atomic E-state index is 12.8. The van der Waals surface area contributed by atoms with E-state index in [1.54, 1.807) is 0 Å². The molecular weight excluding hydrogens is 214 g/mol. The van der Waals surface area contributed by atoms with Crippen molar-refractivity contribution in [2.24, 2.45) is 4.99 Å². The van der Waals surface area contributed by atoms with E-state index in [1.807, 2.05) is 0 Å². The van der Waals surface area contributed by atoms with E-state index in [0.717, 1.165) is 12.1 Å². The predicted octanol–water partition coefficient (Wildman–Crippen LogP) is 2.29. The van der Waals surface area contributed by atoms with Crippen LogP contribution in [0.2, 0.25) is 0 Å². The quantitative estimate of drug-likeness (QED) is 0.667. The van der Waals surface area contributed by atoms with Crippen molar-refractivity contribution in [2.75, 3.05) is 0 Å². The molecule has 6 heteroatoms. The fourth-order valence-corrected chi connectivity index (χ4v) is 1.38. The van der Waals surface area contributed by atoms with Gasteiger partial charge in [0.1, 0.15) is 5.82 Å². The molecule has 1 aliphatic rings. The first-order valence-electron chi connectivity index (χ1n) is 3.99. The van der Waals surface area contributed by atoms with Crippen molar-refractivity contribution in [1.29, 1.82) is 0 Å². The second-order valence-electron chi connectivity index (χ2n) is 3.18. The van der Waals surface area contributed by atoms with Crippen molar-refractivity contribution in [3.63, 3.8) is 0 Å². The lowest BCUT2D eigenvalue weighted by Gasteiger charge is -2.23. The molecule has 2 rings (SSSR count). The first kappa shape index (κ1) is 10.1. The van der Waals surface area contributed by atoms with Crippen LogP contribution in [0.3, 0.4) is 0 Å². The van der Waals surface area contributed by atoms with Crippen molar-refractivity contribution in [3.05, 3.63) is 29.6 Å². The van der Waals surface area contributed by atoms with Crippen molar-refractivity contribution in [3.8, 4) is 0 Å². The Labute approximate surface area is 81.9 Å². The number of aliphatic hydroxyl groups is 1. The number of halogens is 4. The molecule has 0 fully saturated rings. The van der Waals surface area contributed by atoms with Crippen LogP contribution in [-0.4, -0.2) is 17.5 Å². The van der Waals surface area contributed by atoms with E-state index in [9.17, 15) is 22.7 Å². The number of fused-ring (bicyclic) bond motifs is 1. The fourth-order valence-electron chi connectivity index (χ4n) is 1.38. The molecule has 0 spiro atoms. The first-order chi connectivity index (χ1) is 6.84. The number of hydrogen-bond donors (Lipinski definition) is 1. The topological polar surface area (TPSA) is 32.6 Å². The van der Waals surface area contributed by atoms with Crippen LogP contribution in [0.15, 0.2) is 23.2 Å². The number of alkyl halides is 3. The van der Waals surface area contributed by atoms with E-state index in [0.29, 0.717) is 12.3 Å². The molecule has 1 aromatic carbocycles. The summed E-state index contributed by atoms with van der Waals surface area (Å²) in [5, 5.41) is 9.36. The number of benzene rings is 1. The molecule has 1 N–H and O–H groups in total. The molecule has 1 atom stereocenters. The van der Waals surface area contributed by atoms with Crippen LogP contribution in [0.25, 0.3) is 0 Å². The summed E-state index contributed by atoms with van der Waals surface area (Å²) in [4.78, 5) is 3.40. The van der Waals surface area contributed by atoms with Crippen molar-refractivity contribution in [1.82, 2.24) is 0 Å². The largest absolute Gasteiger partial charge is 0.426 e. The minimum absolute atomic E-state index is 0.0729. The maximum Gasteiger partial charge on any atom is 0.426 e. The van der Waals surface area contributed by atoms with Crippen molar-refractivity contribution in [2.45, 2.75) is 11.8 Å². The van der Waals surface area contributed by atoms with Crippen LogP contribution in [0.5, 0.6) is 0 Å². The molecule has 0 aromatic heterocycles. The molecule has 2 nitrogen and oxygen atoms in total. The number of hydrogen-bond acceptors (Lipinski definition) is 2. The molecule has 0 aliphatic carbocycles. The third kappa shape index (κ3) is 1.32. The van der Waals surface area contributed by atoms with Crippen molar-refractivity contribution >= 4 is 11.9 Å². The Balaban J connectivity index is 2.61. The van der Waals surface area contributed by atoms with Crippen LogP contribution < -0.4 is 0 Å². The molecule has 1 aliphatic heterocycles. The van der Waals surface area contributed by atoms with Gasteiger partial charge in [-0.2, -0.15) is 13.2 Å². The van der Waals surface area contributed by atoms with Crippen LogP contribution in [0.1, 0.15) is 5.56 Å². The summed E-state index contributed by atoms with van der Waals surface area (Å²) in [5.41, 5.74) is -3.82. The Hall–Kier alpha value is -1.43. The summed E-state index contributed by atoms with van der Waals surface area (Å²) < 4.78 is 50.2. The zero-order valence-electron chi connectivity index (χ0n) is 7.22. The van der Waals surface area contributed by atoms with Crippen molar-refractivity contribution < 1.29 is 22.7 Å². The Morgan fingerprint density at radius 2 is 1.93 bits per heavy atom. The highest BCUT2D eigenvalue weighted by Crippen LogP contribution is 2.45. The molecule has 0 amide bonds. The van der Waals surface area contributed by atoms with Gasteiger partial charge in [0.05, 0.1) is 11.9 Å². The summed E-state index contributed by atoms with van der Waals surface area (Å²) in [6.45, 7) is 0. The monoisotopic (exact) mass is 219 g/mol. The lowest BCUT2D eigenvalue weighted by molar-refractivity contribution is -0.232. The molecular formula is C9H5F4NO. The zero-order chi connectivity index (χ0) is 11.3. The minimum Gasteiger partial charge on any atom is -0.371 e. The highest BCUT2D eigenvalue weighted by Gasteiger charge is 2.57. The van der Waals surface area contributed by atoms with Gasteiger partial charge in [0.25, 0.3) is 0 Å². The zero-order valence-corrected chi connectivity index (χ0v) is 7.22. The van der Waals surface area contributed by atoms with Gasteiger partial charge in [0.15, 0.2) is 0 Å². The molecule has 0 saturated heterocycles. The van der Waals surface area contributed by atoms with Gasteiger partial charge in [-0.15, -0.1) is 0 Å². The lowest BCUT2D eigenvalue weighted by Crippen LogP contribution is -2.42. The van der Waals surface area contributed by atoms with E-state index in [-0.39, 0.29) is 5.69 Å². The number of nitrogens with zero attached hydrogens (tertiary/aromatic N) is 1. The molecule has 1 heterocycles. The van der Waals surface area contributed by atoms with Gasteiger partial charge < -0.3 is 5.11 Å². The van der Waals surface area contributed by atoms with E-state index < -0.39 is 23.2 Å². The standard InChI is InChI=1S/C9H5F4NO/c10-5-1-2-7-6(3-5)8(15,4-14-7)9(11,12)13/h1-4,15H/t8-/m0/s1. The van der Waals surface area contributed by atoms with E-state index >= 15 is 0 Å². The van der Waals surface area contributed by atoms with Crippen LogP contribution in [-0.2, 0) is 5.60 Å². The second-order valence-corrected chi connectivity index (χ2v) is 3.18. The number of aliphatic imine (C=N–C) groups is 1. The van der Waals surface area contributed by atoms with E-state index in [4.69, 9.17) is 0 Å². The van der Waals surface area contributed by atoms with Gasteiger partial charge in [0, 0.05) is 5.56 Å². The van der Waals surface area contributed by atoms with Gasteiger partial charge in [-0.05, 0) is 18.2 Å². The second kappa shape index (κ2) is 2.79. The molecule has 15 heavy (non-hydrogen) atoms. The summed E-state index contributed by atoms with van der Waals surface area (Å²) in [5.74, 6) is -0.845. The highest BCUT2D eigenvalue weighted by molar-refractivity contribution is 5.84. The molecule has 0 unspecified atom stereocenters. The smallest absolute Gasteiger partial charge is 0.371 e. The summed E-state index contributed by atoms with van der Waals surface area (Å²) in [7, 11) is 0. The first-order valence-corrected chi connectivity index (χ1v) is 3.99. The average Bonchev–Trinajstić information content (AvgIpc) is 2.44. The summed E-state index contributed by atoms with van der Waals surface area (Å²) >= 11 is 0. The average molecular weight is 219 g/mol. The normalized spacial score (nSPS) is 24.3. The van der Waals surface area contributed by atoms with E-state index in [1.165, 1.54) is 0 Å². The number of rotatable bonds is 0. The Morgan fingerprint density at radius 1 is 1.27 bits per heavy atom. The Morgan fingerprint density at radius 3 is 2.53 bits per heavy atom. The third-order valence-corrected chi connectivity index (χ3v) is 2.19. The van der Waals surface area contributed by atoms with Crippen LogP contribution in [0.4, 0.5) is 23.2 Å². The van der Waals surface area contributed by atoms with Gasteiger partial charge in [0.2, 0.25) is 5.60 Å². The van der Waals surface area contributed by atoms with Crippen LogP contribution >= 0.6 is 0 Å². The van der Waals surface area contributed by atoms with Gasteiger partial charge in [-0.1, -0.05) is 0 Å². The highest BCUT2D eigenvalue weighted by atomic mass is 19.4. The maximum absolute atomic E-state index is 12.8. The Kier molecular flexibility index (Phi) is 1.88.